The zero-order valence-corrected chi connectivity index (χ0v) is 11.6. The Hall–Kier alpha value is -1.16. The zero-order valence-electron chi connectivity index (χ0n) is 10.8. The van der Waals surface area contributed by atoms with E-state index in [2.05, 4.69) is 5.32 Å². The van der Waals surface area contributed by atoms with Crippen LogP contribution in [0.15, 0.2) is 30.3 Å². The Kier molecular flexibility index (Phi) is 3.57. The summed E-state index contributed by atoms with van der Waals surface area (Å²) in [5.41, 5.74) is -0.285. The van der Waals surface area contributed by atoms with E-state index in [1.807, 2.05) is 44.2 Å². The fourth-order valence-corrected chi connectivity index (χ4v) is 4.03. The molecule has 0 spiro atoms. The molecule has 0 radical (unpaired) electrons. The molecule has 1 atom stereocenters. The van der Waals surface area contributed by atoms with Crippen LogP contribution in [0, 0.1) is 5.41 Å². The highest BCUT2D eigenvalue weighted by Gasteiger charge is 2.53. The molecule has 0 saturated carbocycles. The van der Waals surface area contributed by atoms with E-state index in [1.165, 1.54) is 0 Å². The SMILES string of the molecule is CC1(C)CCSCC1(Nc1ccccc1)C(=O)O. The summed E-state index contributed by atoms with van der Waals surface area (Å²) in [6.45, 7) is 4.08. The van der Waals surface area contributed by atoms with E-state index < -0.39 is 11.5 Å². The van der Waals surface area contributed by atoms with Crippen LogP contribution in [-0.4, -0.2) is 28.1 Å². The number of carboxylic acids is 1. The van der Waals surface area contributed by atoms with Crippen LogP contribution in [-0.2, 0) is 4.79 Å². The lowest BCUT2D eigenvalue weighted by Gasteiger charge is -2.47. The number of thioether (sulfide) groups is 1. The number of carboxylic acid groups (broad SMARTS) is 1. The standard InChI is InChI=1S/C14H19NO2S/c1-13(2)8-9-18-10-14(13,12(16)17)15-11-6-4-3-5-7-11/h3-7,15H,8-10H2,1-2H3,(H,16,17). The molecule has 2 N–H and O–H groups in total. The van der Waals surface area contributed by atoms with Crippen molar-refractivity contribution in [3.8, 4) is 0 Å². The Morgan fingerprint density at radius 1 is 1.33 bits per heavy atom. The van der Waals surface area contributed by atoms with Crippen LogP contribution in [0.1, 0.15) is 20.3 Å². The van der Waals surface area contributed by atoms with Gasteiger partial charge in [0.05, 0.1) is 0 Å². The lowest BCUT2D eigenvalue weighted by atomic mass is 9.70. The number of benzene rings is 1. The van der Waals surface area contributed by atoms with Crippen molar-refractivity contribution < 1.29 is 9.90 Å². The lowest BCUT2D eigenvalue weighted by molar-refractivity contribution is -0.145. The number of nitrogens with one attached hydrogen (secondary N) is 1. The molecule has 3 nitrogen and oxygen atoms in total. The normalized spacial score (nSPS) is 26.6. The van der Waals surface area contributed by atoms with E-state index >= 15 is 0 Å². The van der Waals surface area contributed by atoms with E-state index in [1.54, 1.807) is 11.8 Å². The first-order valence-corrected chi connectivity index (χ1v) is 7.28. The lowest BCUT2D eigenvalue weighted by Crippen LogP contribution is -2.61. The van der Waals surface area contributed by atoms with Crippen molar-refractivity contribution in [2.75, 3.05) is 16.8 Å². The van der Waals surface area contributed by atoms with Crippen LogP contribution < -0.4 is 5.32 Å². The Morgan fingerprint density at radius 3 is 2.56 bits per heavy atom. The third-order valence-corrected chi connectivity index (χ3v) is 4.97. The number of carbonyl (C=O) groups is 1. The molecular weight excluding hydrogens is 246 g/mol. The van der Waals surface area contributed by atoms with Gasteiger partial charge in [-0.2, -0.15) is 11.8 Å². The number of rotatable bonds is 3. The van der Waals surface area contributed by atoms with Crippen molar-refractivity contribution in [3.05, 3.63) is 30.3 Å². The molecule has 18 heavy (non-hydrogen) atoms. The van der Waals surface area contributed by atoms with Gasteiger partial charge in [0, 0.05) is 16.9 Å². The van der Waals surface area contributed by atoms with Gasteiger partial charge in [-0.15, -0.1) is 0 Å². The van der Waals surface area contributed by atoms with Crippen molar-refractivity contribution in [1.82, 2.24) is 0 Å². The van der Waals surface area contributed by atoms with Gasteiger partial charge in [-0.05, 0) is 24.3 Å². The van der Waals surface area contributed by atoms with E-state index in [9.17, 15) is 9.90 Å². The molecule has 1 aliphatic rings. The molecule has 98 valence electrons. The van der Waals surface area contributed by atoms with Crippen molar-refractivity contribution in [3.63, 3.8) is 0 Å². The van der Waals surface area contributed by atoms with Gasteiger partial charge in [-0.3, -0.25) is 0 Å². The van der Waals surface area contributed by atoms with Crippen LogP contribution in [0.4, 0.5) is 5.69 Å². The highest BCUT2D eigenvalue weighted by atomic mass is 32.2. The number of hydrogen-bond acceptors (Lipinski definition) is 3. The summed E-state index contributed by atoms with van der Waals surface area (Å²) in [5.74, 6) is 0.867. The fourth-order valence-electron chi connectivity index (χ4n) is 2.34. The molecule has 0 aromatic heterocycles. The van der Waals surface area contributed by atoms with Crippen LogP contribution in [0.25, 0.3) is 0 Å². The number of para-hydroxylation sites is 1. The van der Waals surface area contributed by atoms with Crippen molar-refractivity contribution in [2.24, 2.45) is 5.41 Å². The highest BCUT2D eigenvalue weighted by molar-refractivity contribution is 7.99. The minimum Gasteiger partial charge on any atom is -0.479 e. The molecule has 1 aromatic carbocycles. The number of anilines is 1. The van der Waals surface area contributed by atoms with Gasteiger partial charge < -0.3 is 10.4 Å². The summed E-state index contributed by atoms with van der Waals surface area (Å²) < 4.78 is 0. The van der Waals surface area contributed by atoms with E-state index in [-0.39, 0.29) is 5.41 Å². The van der Waals surface area contributed by atoms with Gasteiger partial charge >= 0.3 is 5.97 Å². The molecular formula is C14H19NO2S. The van der Waals surface area contributed by atoms with Crippen LogP contribution >= 0.6 is 11.8 Å². The van der Waals surface area contributed by atoms with Gasteiger partial charge in [-0.25, -0.2) is 4.79 Å². The topological polar surface area (TPSA) is 49.3 Å². The molecule has 1 aliphatic heterocycles. The summed E-state index contributed by atoms with van der Waals surface area (Å²) >= 11 is 1.71. The molecule has 4 heteroatoms. The second kappa shape index (κ2) is 4.84. The maximum Gasteiger partial charge on any atom is 0.330 e. The molecule has 1 unspecified atom stereocenters. The minimum absolute atomic E-state index is 0.264. The van der Waals surface area contributed by atoms with E-state index in [0.717, 1.165) is 17.9 Å². The first kappa shape index (κ1) is 13.3. The van der Waals surface area contributed by atoms with Gasteiger partial charge in [0.2, 0.25) is 0 Å². The van der Waals surface area contributed by atoms with Crippen molar-refractivity contribution in [1.29, 1.82) is 0 Å². The maximum atomic E-state index is 11.8. The number of aliphatic carboxylic acids is 1. The second-order valence-electron chi connectivity index (χ2n) is 5.39. The van der Waals surface area contributed by atoms with Crippen LogP contribution in [0.2, 0.25) is 0 Å². The summed E-state index contributed by atoms with van der Waals surface area (Å²) in [4.78, 5) is 11.8. The fraction of sp³-hybridized carbons (Fsp3) is 0.500. The average molecular weight is 265 g/mol. The van der Waals surface area contributed by atoms with Crippen LogP contribution in [0.5, 0.6) is 0 Å². The third kappa shape index (κ3) is 2.21. The summed E-state index contributed by atoms with van der Waals surface area (Å²) in [7, 11) is 0. The Balaban J connectivity index is 2.35. The summed E-state index contributed by atoms with van der Waals surface area (Å²) in [6, 6.07) is 9.60. The van der Waals surface area contributed by atoms with Gasteiger partial charge in [0.15, 0.2) is 0 Å². The monoisotopic (exact) mass is 265 g/mol. The molecule has 1 heterocycles. The predicted octanol–water partition coefficient (Wildman–Crippen LogP) is 3.09. The Labute approximate surface area is 112 Å². The average Bonchev–Trinajstić information content (AvgIpc) is 2.33. The Bertz CT molecular complexity index is 433. The van der Waals surface area contributed by atoms with E-state index in [4.69, 9.17) is 0 Å². The molecule has 1 fully saturated rings. The molecule has 0 bridgehead atoms. The Morgan fingerprint density at radius 2 is 2.00 bits per heavy atom. The minimum atomic E-state index is -0.892. The first-order chi connectivity index (χ1) is 8.48. The second-order valence-corrected chi connectivity index (χ2v) is 6.49. The highest BCUT2D eigenvalue weighted by Crippen LogP contribution is 2.44. The largest absolute Gasteiger partial charge is 0.479 e. The first-order valence-electron chi connectivity index (χ1n) is 6.12. The molecule has 2 rings (SSSR count). The van der Waals surface area contributed by atoms with Gasteiger partial charge in [0.25, 0.3) is 0 Å². The predicted molar refractivity (Wildman–Crippen MR) is 76.2 cm³/mol. The molecule has 1 saturated heterocycles. The van der Waals surface area contributed by atoms with Crippen molar-refractivity contribution in [2.45, 2.75) is 25.8 Å². The smallest absolute Gasteiger partial charge is 0.330 e. The molecule has 0 amide bonds. The summed E-state index contributed by atoms with van der Waals surface area (Å²) in [6.07, 6.45) is 0.907. The quantitative estimate of drug-likeness (QED) is 0.881. The third-order valence-electron chi connectivity index (χ3n) is 3.84. The molecule has 0 aliphatic carbocycles. The van der Waals surface area contributed by atoms with E-state index in [0.29, 0.717) is 5.75 Å². The summed E-state index contributed by atoms with van der Waals surface area (Å²) in [5, 5.41) is 13.0. The number of hydrogen-bond donors (Lipinski definition) is 2. The van der Waals surface area contributed by atoms with Crippen LogP contribution in [0.3, 0.4) is 0 Å². The van der Waals surface area contributed by atoms with Crippen molar-refractivity contribution >= 4 is 23.4 Å². The maximum absolute atomic E-state index is 11.8. The zero-order chi connectivity index (χ0) is 13.2. The molecule has 1 aromatic rings. The van der Waals surface area contributed by atoms with Gasteiger partial charge in [0.1, 0.15) is 5.54 Å². The van der Waals surface area contributed by atoms with Gasteiger partial charge in [-0.1, -0.05) is 32.0 Å².